The molecule has 2 aromatic heterocycles. The van der Waals surface area contributed by atoms with Gasteiger partial charge in [0.1, 0.15) is 5.56 Å². The highest BCUT2D eigenvalue weighted by Crippen LogP contribution is 2.33. The summed E-state index contributed by atoms with van der Waals surface area (Å²) in [6.45, 7) is 0. The number of nitrogens with zero attached hydrogens (tertiary/aromatic N) is 2. The fraction of sp³-hybridized carbons (Fsp3) is 0. The van der Waals surface area contributed by atoms with Crippen molar-refractivity contribution in [3.05, 3.63) is 83.6 Å². The van der Waals surface area contributed by atoms with Gasteiger partial charge in [-0.25, -0.2) is 9.78 Å². The molecular formula is C20H13ClN2O2. The lowest BCUT2D eigenvalue weighted by Crippen LogP contribution is -2.00. The first-order valence-corrected chi connectivity index (χ1v) is 8.07. The zero-order chi connectivity index (χ0) is 17.4. The molecule has 0 unspecified atom stereocenters. The summed E-state index contributed by atoms with van der Waals surface area (Å²) < 4.78 is 1.80. The van der Waals surface area contributed by atoms with E-state index in [2.05, 4.69) is 4.98 Å². The summed E-state index contributed by atoms with van der Waals surface area (Å²) in [5.41, 5.74) is 4.48. The number of hydrogen-bond donors (Lipinski definition) is 1. The normalized spacial score (nSPS) is 10.9. The van der Waals surface area contributed by atoms with Gasteiger partial charge < -0.3 is 5.11 Å². The van der Waals surface area contributed by atoms with Gasteiger partial charge in [0.15, 0.2) is 5.65 Å². The van der Waals surface area contributed by atoms with Crippen LogP contribution >= 0.6 is 11.6 Å². The van der Waals surface area contributed by atoms with Gasteiger partial charge in [-0.1, -0.05) is 48.0 Å². The van der Waals surface area contributed by atoms with E-state index in [0.29, 0.717) is 10.7 Å². The molecule has 0 amide bonds. The van der Waals surface area contributed by atoms with Crippen molar-refractivity contribution in [3.8, 4) is 22.4 Å². The van der Waals surface area contributed by atoms with Crippen LogP contribution in [0, 0.1) is 0 Å². The molecule has 0 spiro atoms. The molecule has 0 radical (unpaired) electrons. The largest absolute Gasteiger partial charge is 0.478 e. The number of rotatable bonds is 3. The predicted molar refractivity (Wildman–Crippen MR) is 98.0 cm³/mol. The molecule has 0 saturated carbocycles. The lowest BCUT2D eigenvalue weighted by atomic mass is 9.98. The monoisotopic (exact) mass is 348 g/mol. The maximum absolute atomic E-state index is 11.4. The third-order valence-corrected chi connectivity index (χ3v) is 4.38. The minimum Gasteiger partial charge on any atom is -0.478 e. The van der Waals surface area contributed by atoms with Crippen molar-refractivity contribution in [3.63, 3.8) is 0 Å². The third-order valence-electron chi connectivity index (χ3n) is 4.12. The molecule has 2 aromatic carbocycles. The van der Waals surface area contributed by atoms with E-state index < -0.39 is 5.97 Å². The van der Waals surface area contributed by atoms with Crippen LogP contribution in [0.4, 0.5) is 0 Å². The number of benzene rings is 2. The third kappa shape index (κ3) is 2.66. The second kappa shape index (κ2) is 6.07. The molecule has 4 rings (SSSR count). The number of aromatic carboxylic acids is 1. The molecule has 5 heteroatoms. The summed E-state index contributed by atoms with van der Waals surface area (Å²) in [5, 5.41) is 10.0. The Morgan fingerprint density at radius 2 is 1.68 bits per heavy atom. The first-order valence-electron chi connectivity index (χ1n) is 7.70. The molecule has 0 atom stereocenters. The molecular weight excluding hydrogens is 336 g/mol. The second-order valence-corrected chi connectivity index (χ2v) is 6.05. The van der Waals surface area contributed by atoms with Crippen molar-refractivity contribution in [2.45, 2.75) is 0 Å². The van der Waals surface area contributed by atoms with E-state index in [4.69, 9.17) is 11.6 Å². The summed E-state index contributed by atoms with van der Waals surface area (Å²) in [7, 11) is 0. The number of imidazole rings is 1. The van der Waals surface area contributed by atoms with E-state index in [-0.39, 0.29) is 5.56 Å². The summed E-state index contributed by atoms with van der Waals surface area (Å²) in [6.07, 6.45) is 3.53. The smallest absolute Gasteiger partial charge is 0.339 e. The van der Waals surface area contributed by atoms with E-state index in [9.17, 15) is 9.90 Å². The highest BCUT2D eigenvalue weighted by atomic mass is 35.5. The van der Waals surface area contributed by atoms with E-state index in [1.807, 2.05) is 54.7 Å². The summed E-state index contributed by atoms with van der Waals surface area (Å²) >= 11 is 5.99. The van der Waals surface area contributed by atoms with Gasteiger partial charge in [-0.15, -0.1) is 0 Å². The molecule has 122 valence electrons. The van der Waals surface area contributed by atoms with Crippen molar-refractivity contribution in [2.24, 2.45) is 0 Å². The number of halogens is 1. The zero-order valence-corrected chi connectivity index (χ0v) is 13.8. The number of aromatic nitrogens is 2. The van der Waals surface area contributed by atoms with Gasteiger partial charge >= 0.3 is 5.97 Å². The van der Waals surface area contributed by atoms with E-state index in [1.165, 1.54) is 0 Å². The summed E-state index contributed by atoms with van der Waals surface area (Å²) in [4.78, 5) is 15.7. The van der Waals surface area contributed by atoms with Crippen LogP contribution in [-0.4, -0.2) is 20.5 Å². The standard InChI is InChI=1S/C20H13ClN2O2/c21-14-9-7-13(8-10-14)15-4-1-2-5-16(15)18-12-22-19-17(20(24)25)6-3-11-23(18)19/h1-12H,(H,24,25). The lowest BCUT2D eigenvalue weighted by molar-refractivity contribution is 0.0698. The van der Waals surface area contributed by atoms with Crippen molar-refractivity contribution in [1.29, 1.82) is 0 Å². The fourth-order valence-electron chi connectivity index (χ4n) is 2.96. The summed E-state index contributed by atoms with van der Waals surface area (Å²) in [5.74, 6) is -0.992. The molecule has 0 fully saturated rings. The number of pyridine rings is 1. The Hall–Kier alpha value is -3.11. The van der Waals surface area contributed by atoms with Crippen molar-refractivity contribution >= 4 is 23.2 Å². The Kier molecular flexibility index (Phi) is 3.75. The van der Waals surface area contributed by atoms with Crippen LogP contribution in [0.2, 0.25) is 5.02 Å². The Labute approximate surface area is 149 Å². The molecule has 0 saturated heterocycles. The topological polar surface area (TPSA) is 54.6 Å². The highest BCUT2D eigenvalue weighted by molar-refractivity contribution is 6.30. The second-order valence-electron chi connectivity index (χ2n) is 5.62. The van der Waals surface area contributed by atoms with Gasteiger partial charge in [0, 0.05) is 16.8 Å². The first kappa shape index (κ1) is 15.4. The number of hydrogen-bond acceptors (Lipinski definition) is 2. The summed E-state index contributed by atoms with van der Waals surface area (Å²) in [6, 6.07) is 18.9. The van der Waals surface area contributed by atoms with E-state index in [1.54, 1.807) is 22.7 Å². The van der Waals surface area contributed by atoms with Gasteiger partial charge in [-0.2, -0.15) is 0 Å². The van der Waals surface area contributed by atoms with Gasteiger partial charge in [0.05, 0.1) is 11.9 Å². The number of carbonyl (C=O) groups is 1. The van der Waals surface area contributed by atoms with Crippen LogP contribution in [0.1, 0.15) is 10.4 Å². The molecule has 25 heavy (non-hydrogen) atoms. The van der Waals surface area contributed by atoms with Gasteiger partial charge in [0.25, 0.3) is 0 Å². The van der Waals surface area contributed by atoms with Crippen LogP contribution in [0.3, 0.4) is 0 Å². The van der Waals surface area contributed by atoms with Crippen LogP contribution in [0.25, 0.3) is 28.0 Å². The Bertz CT molecular complexity index is 1080. The van der Waals surface area contributed by atoms with E-state index >= 15 is 0 Å². The SMILES string of the molecule is O=C(O)c1cccn2c(-c3ccccc3-c3ccc(Cl)cc3)cnc12. The highest BCUT2D eigenvalue weighted by Gasteiger charge is 2.15. The van der Waals surface area contributed by atoms with Crippen LogP contribution < -0.4 is 0 Å². The first-order chi connectivity index (χ1) is 12.1. The Balaban J connectivity index is 1.95. The van der Waals surface area contributed by atoms with Crippen LogP contribution in [-0.2, 0) is 0 Å². The number of fused-ring (bicyclic) bond motifs is 1. The van der Waals surface area contributed by atoms with Crippen molar-refractivity contribution in [2.75, 3.05) is 0 Å². The average molecular weight is 349 g/mol. The minimum absolute atomic E-state index is 0.178. The average Bonchev–Trinajstić information content (AvgIpc) is 3.06. The van der Waals surface area contributed by atoms with Crippen LogP contribution in [0.5, 0.6) is 0 Å². The maximum atomic E-state index is 11.4. The van der Waals surface area contributed by atoms with Gasteiger partial charge in [-0.3, -0.25) is 4.40 Å². The molecule has 4 aromatic rings. The Morgan fingerprint density at radius 1 is 0.960 bits per heavy atom. The molecule has 4 nitrogen and oxygen atoms in total. The fourth-order valence-corrected chi connectivity index (χ4v) is 3.09. The molecule has 0 aliphatic heterocycles. The molecule has 0 bridgehead atoms. The van der Waals surface area contributed by atoms with Gasteiger partial charge in [0.2, 0.25) is 0 Å². The van der Waals surface area contributed by atoms with Gasteiger partial charge in [-0.05, 0) is 35.4 Å². The lowest BCUT2D eigenvalue weighted by Gasteiger charge is -2.10. The van der Waals surface area contributed by atoms with Crippen molar-refractivity contribution in [1.82, 2.24) is 9.38 Å². The molecule has 2 heterocycles. The quantitative estimate of drug-likeness (QED) is 0.565. The van der Waals surface area contributed by atoms with Crippen molar-refractivity contribution < 1.29 is 9.90 Å². The molecule has 0 aliphatic rings. The molecule has 0 aliphatic carbocycles. The number of carboxylic acids is 1. The molecule has 1 N–H and O–H groups in total. The number of carboxylic acid groups (broad SMARTS) is 1. The predicted octanol–water partition coefficient (Wildman–Crippen LogP) is 5.02. The Morgan fingerprint density at radius 3 is 2.40 bits per heavy atom. The zero-order valence-electron chi connectivity index (χ0n) is 13.1. The van der Waals surface area contributed by atoms with Crippen LogP contribution in [0.15, 0.2) is 73.1 Å². The van der Waals surface area contributed by atoms with E-state index in [0.717, 1.165) is 22.4 Å². The maximum Gasteiger partial charge on any atom is 0.339 e. The minimum atomic E-state index is -0.992.